The summed E-state index contributed by atoms with van der Waals surface area (Å²) in [4.78, 5) is 32.7. The topological polar surface area (TPSA) is 117 Å². The maximum atomic E-state index is 11.5. The molecule has 3 N–H and O–H groups in total. The molecule has 0 fully saturated rings. The first-order chi connectivity index (χ1) is 8.50. The minimum atomic E-state index is -1.19. The molecule has 0 spiro atoms. The maximum Gasteiger partial charge on any atom is 0.320 e. The summed E-state index contributed by atoms with van der Waals surface area (Å²) in [6.45, 7) is -0.218. The SMILES string of the molecule is O=C(O)CC[C@H](NCC(=O)c1ccco1)C(=O)O. The maximum absolute atomic E-state index is 11.5. The number of furan rings is 1. The molecule has 1 aromatic heterocycles. The smallest absolute Gasteiger partial charge is 0.320 e. The average Bonchev–Trinajstić information content (AvgIpc) is 2.81. The third kappa shape index (κ3) is 4.38. The highest BCUT2D eigenvalue weighted by atomic mass is 16.4. The zero-order valence-electron chi connectivity index (χ0n) is 9.46. The molecule has 0 aliphatic rings. The van der Waals surface area contributed by atoms with Crippen LogP contribution in [0.3, 0.4) is 0 Å². The van der Waals surface area contributed by atoms with Crippen molar-refractivity contribution < 1.29 is 29.0 Å². The molecule has 0 bridgehead atoms. The van der Waals surface area contributed by atoms with Gasteiger partial charge in [0.15, 0.2) is 5.76 Å². The number of rotatable bonds is 8. The Morgan fingerprint density at radius 2 is 2.06 bits per heavy atom. The first-order valence-electron chi connectivity index (χ1n) is 5.25. The minimum Gasteiger partial charge on any atom is -0.481 e. The Kier molecular flexibility index (Phi) is 5.06. The molecule has 1 heterocycles. The van der Waals surface area contributed by atoms with Crippen LogP contribution in [0.15, 0.2) is 22.8 Å². The monoisotopic (exact) mass is 255 g/mol. The summed E-state index contributed by atoms with van der Waals surface area (Å²) in [6.07, 6.45) is 0.974. The van der Waals surface area contributed by atoms with Crippen molar-refractivity contribution in [2.45, 2.75) is 18.9 Å². The third-order valence-corrected chi connectivity index (χ3v) is 2.25. The molecule has 0 radical (unpaired) electrons. The number of nitrogens with one attached hydrogen (secondary N) is 1. The lowest BCUT2D eigenvalue weighted by Gasteiger charge is -2.11. The Labute approximate surface area is 102 Å². The summed E-state index contributed by atoms with van der Waals surface area (Å²) in [5.74, 6) is -2.53. The highest BCUT2D eigenvalue weighted by molar-refractivity contribution is 5.95. The van der Waals surface area contributed by atoms with Crippen molar-refractivity contribution in [1.82, 2.24) is 5.32 Å². The van der Waals surface area contributed by atoms with Gasteiger partial charge in [-0.1, -0.05) is 0 Å². The Balaban J connectivity index is 2.44. The second kappa shape index (κ2) is 6.55. The summed E-state index contributed by atoms with van der Waals surface area (Å²) in [7, 11) is 0. The number of carbonyl (C=O) groups excluding carboxylic acids is 1. The minimum absolute atomic E-state index is 0.0872. The van der Waals surface area contributed by atoms with Gasteiger partial charge in [0.05, 0.1) is 12.8 Å². The zero-order chi connectivity index (χ0) is 13.5. The summed E-state index contributed by atoms with van der Waals surface area (Å²) in [5.41, 5.74) is 0. The van der Waals surface area contributed by atoms with Crippen LogP contribution >= 0.6 is 0 Å². The van der Waals surface area contributed by atoms with E-state index in [4.69, 9.17) is 14.6 Å². The molecule has 7 nitrogen and oxygen atoms in total. The predicted molar refractivity (Wildman–Crippen MR) is 59.3 cm³/mol. The van der Waals surface area contributed by atoms with Gasteiger partial charge >= 0.3 is 11.9 Å². The Bertz CT molecular complexity index is 425. The van der Waals surface area contributed by atoms with Crippen LogP contribution in [0.4, 0.5) is 0 Å². The Morgan fingerprint density at radius 1 is 1.33 bits per heavy atom. The molecule has 0 aliphatic heterocycles. The van der Waals surface area contributed by atoms with Gasteiger partial charge in [0.25, 0.3) is 0 Å². The predicted octanol–water partition coefficient (Wildman–Crippen LogP) is 0.370. The molecular formula is C11H13NO6. The molecule has 0 amide bonds. The van der Waals surface area contributed by atoms with Crippen LogP contribution in [0.2, 0.25) is 0 Å². The zero-order valence-corrected chi connectivity index (χ0v) is 9.46. The van der Waals surface area contributed by atoms with Gasteiger partial charge in [0.1, 0.15) is 6.04 Å². The molecule has 7 heteroatoms. The van der Waals surface area contributed by atoms with E-state index < -0.39 is 18.0 Å². The molecule has 1 aromatic rings. The number of hydrogen-bond acceptors (Lipinski definition) is 5. The van der Waals surface area contributed by atoms with E-state index >= 15 is 0 Å². The Hall–Kier alpha value is -2.15. The lowest BCUT2D eigenvalue weighted by Crippen LogP contribution is -2.40. The fourth-order valence-electron chi connectivity index (χ4n) is 1.32. The van der Waals surface area contributed by atoms with Gasteiger partial charge in [0, 0.05) is 6.42 Å². The fourth-order valence-corrected chi connectivity index (χ4v) is 1.32. The van der Waals surface area contributed by atoms with E-state index in [9.17, 15) is 14.4 Å². The molecule has 1 atom stereocenters. The van der Waals surface area contributed by atoms with E-state index in [1.165, 1.54) is 12.3 Å². The van der Waals surface area contributed by atoms with Crippen LogP contribution in [0.1, 0.15) is 23.4 Å². The van der Waals surface area contributed by atoms with E-state index in [0.29, 0.717) is 0 Å². The van der Waals surface area contributed by atoms with Gasteiger partial charge in [-0.25, -0.2) is 0 Å². The van der Waals surface area contributed by atoms with Crippen LogP contribution < -0.4 is 5.32 Å². The molecule has 0 aromatic carbocycles. The molecule has 0 aliphatic carbocycles. The van der Waals surface area contributed by atoms with Crippen LogP contribution in [-0.2, 0) is 9.59 Å². The lowest BCUT2D eigenvalue weighted by atomic mass is 10.1. The number of carboxylic acid groups (broad SMARTS) is 2. The average molecular weight is 255 g/mol. The number of Topliss-reactive ketones (excluding diaryl/α,β-unsaturated/α-hetero) is 1. The molecule has 98 valence electrons. The molecule has 0 saturated heterocycles. The Morgan fingerprint density at radius 3 is 2.56 bits per heavy atom. The summed E-state index contributed by atoms with van der Waals surface area (Å²) < 4.78 is 4.86. The molecule has 0 unspecified atom stereocenters. The van der Waals surface area contributed by atoms with Crippen LogP contribution in [-0.4, -0.2) is 40.5 Å². The van der Waals surface area contributed by atoms with E-state index in [2.05, 4.69) is 5.32 Å². The highest BCUT2D eigenvalue weighted by Gasteiger charge is 2.20. The van der Waals surface area contributed by atoms with Crippen LogP contribution in [0, 0.1) is 0 Å². The second-order valence-corrected chi connectivity index (χ2v) is 3.60. The third-order valence-electron chi connectivity index (χ3n) is 2.25. The van der Waals surface area contributed by atoms with E-state index in [1.807, 2.05) is 0 Å². The summed E-state index contributed by atoms with van der Waals surface area (Å²) in [5, 5.41) is 19.8. The highest BCUT2D eigenvalue weighted by Crippen LogP contribution is 2.02. The van der Waals surface area contributed by atoms with Crippen molar-refractivity contribution in [2.75, 3.05) is 6.54 Å². The quantitative estimate of drug-likeness (QED) is 0.574. The fraction of sp³-hybridized carbons (Fsp3) is 0.364. The van der Waals surface area contributed by atoms with Gasteiger partial charge in [-0.15, -0.1) is 0 Å². The molecular weight excluding hydrogens is 242 g/mol. The number of carboxylic acids is 2. The number of ketones is 1. The van der Waals surface area contributed by atoms with Gasteiger partial charge in [-0.3, -0.25) is 19.7 Å². The van der Waals surface area contributed by atoms with Gasteiger partial charge in [0.2, 0.25) is 5.78 Å². The lowest BCUT2D eigenvalue weighted by molar-refractivity contribution is -0.140. The standard InChI is InChI=1S/C11H13NO6/c13-8(9-2-1-5-18-9)6-12-7(11(16)17)3-4-10(14)15/h1-2,5,7,12H,3-4,6H2,(H,14,15)(H,16,17)/t7-/m0/s1. The summed E-state index contributed by atoms with van der Waals surface area (Å²) >= 11 is 0. The first kappa shape index (κ1) is 13.9. The molecule has 1 rings (SSSR count). The van der Waals surface area contributed by atoms with Crippen molar-refractivity contribution >= 4 is 17.7 Å². The van der Waals surface area contributed by atoms with Gasteiger partial charge in [-0.2, -0.15) is 0 Å². The van der Waals surface area contributed by atoms with Gasteiger partial charge in [-0.05, 0) is 18.6 Å². The molecule has 0 saturated carbocycles. The number of hydrogen-bond donors (Lipinski definition) is 3. The van der Waals surface area contributed by atoms with Gasteiger partial charge < -0.3 is 14.6 Å². The number of aliphatic carboxylic acids is 2. The van der Waals surface area contributed by atoms with Crippen molar-refractivity contribution in [1.29, 1.82) is 0 Å². The normalized spacial score (nSPS) is 12.0. The second-order valence-electron chi connectivity index (χ2n) is 3.60. The summed E-state index contributed by atoms with van der Waals surface area (Å²) in [6, 6.07) is 1.95. The van der Waals surface area contributed by atoms with E-state index in [1.54, 1.807) is 6.07 Å². The van der Waals surface area contributed by atoms with Crippen LogP contribution in [0.5, 0.6) is 0 Å². The number of carbonyl (C=O) groups is 3. The van der Waals surface area contributed by atoms with Crippen molar-refractivity contribution in [2.24, 2.45) is 0 Å². The van der Waals surface area contributed by atoms with Crippen molar-refractivity contribution in [3.05, 3.63) is 24.2 Å². The first-order valence-corrected chi connectivity index (χ1v) is 5.25. The van der Waals surface area contributed by atoms with Crippen molar-refractivity contribution in [3.8, 4) is 0 Å². The van der Waals surface area contributed by atoms with E-state index in [-0.39, 0.29) is 30.9 Å². The van der Waals surface area contributed by atoms with Crippen LogP contribution in [0.25, 0.3) is 0 Å². The van der Waals surface area contributed by atoms with E-state index in [0.717, 1.165) is 0 Å². The largest absolute Gasteiger partial charge is 0.481 e. The molecule has 18 heavy (non-hydrogen) atoms. The van der Waals surface area contributed by atoms with Crippen molar-refractivity contribution in [3.63, 3.8) is 0 Å².